The molecule has 5 heteroatoms. The van der Waals surface area contributed by atoms with E-state index in [0.29, 0.717) is 5.09 Å². The van der Waals surface area contributed by atoms with E-state index < -0.39 is 5.97 Å². The van der Waals surface area contributed by atoms with Crippen molar-refractivity contribution in [3.05, 3.63) is 11.8 Å². The summed E-state index contributed by atoms with van der Waals surface area (Å²) >= 11 is 1.31. The number of carboxylic acids is 1. The minimum Gasteiger partial charge on any atom is -0.476 e. The Morgan fingerprint density at radius 3 is 2.90 bits per heavy atom. The molecule has 0 spiro atoms. The van der Waals surface area contributed by atoms with Gasteiger partial charge in [-0.15, -0.1) is 0 Å². The van der Waals surface area contributed by atoms with Gasteiger partial charge in [-0.05, 0) is 6.26 Å². The van der Waals surface area contributed by atoms with E-state index in [1.807, 2.05) is 0 Å². The molecule has 0 unspecified atom stereocenters. The van der Waals surface area contributed by atoms with Crippen molar-refractivity contribution >= 4 is 17.7 Å². The van der Waals surface area contributed by atoms with Crippen LogP contribution in [0.4, 0.5) is 0 Å². The van der Waals surface area contributed by atoms with Gasteiger partial charge < -0.3 is 9.63 Å². The van der Waals surface area contributed by atoms with Crippen LogP contribution in [0.3, 0.4) is 0 Å². The molecule has 1 N–H and O–H groups in total. The standard InChI is InChI=1S/C5H5NO3S/c1-10-4-2-3(5(7)8)6-9-4/h2H,1H3,(H,7,8). The fourth-order valence-corrected chi connectivity index (χ4v) is 0.797. The summed E-state index contributed by atoms with van der Waals surface area (Å²) in [5.41, 5.74) is -0.0515. The smallest absolute Gasteiger partial charge is 0.358 e. The summed E-state index contributed by atoms with van der Waals surface area (Å²) in [6, 6.07) is 1.38. The molecule has 0 radical (unpaired) electrons. The van der Waals surface area contributed by atoms with Gasteiger partial charge in [-0.25, -0.2) is 4.79 Å². The van der Waals surface area contributed by atoms with Crippen LogP contribution in [0.1, 0.15) is 10.5 Å². The van der Waals surface area contributed by atoms with Gasteiger partial charge in [-0.3, -0.25) is 0 Å². The molecule has 0 aliphatic heterocycles. The highest BCUT2D eigenvalue weighted by atomic mass is 32.2. The summed E-state index contributed by atoms with van der Waals surface area (Å²) in [6.45, 7) is 0. The first-order valence-electron chi connectivity index (χ1n) is 2.48. The van der Waals surface area contributed by atoms with E-state index in [9.17, 15) is 4.79 Å². The van der Waals surface area contributed by atoms with Crippen LogP contribution in [0.25, 0.3) is 0 Å². The lowest BCUT2D eigenvalue weighted by Gasteiger charge is -1.77. The first kappa shape index (κ1) is 7.14. The summed E-state index contributed by atoms with van der Waals surface area (Å²) < 4.78 is 4.61. The van der Waals surface area contributed by atoms with Gasteiger partial charge in [0.2, 0.25) is 0 Å². The Hall–Kier alpha value is -0.970. The second-order valence-corrected chi connectivity index (χ2v) is 2.35. The molecular formula is C5H5NO3S. The molecule has 0 fully saturated rings. The summed E-state index contributed by atoms with van der Waals surface area (Å²) in [5, 5.41) is 12.2. The molecule has 54 valence electrons. The van der Waals surface area contributed by atoms with Crippen LogP contribution < -0.4 is 0 Å². The van der Waals surface area contributed by atoms with Gasteiger partial charge >= 0.3 is 5.97 Å². The molecule has 0 atom stereocenters. The number of hydrogen-bond donors (Lipinski definition) is 1. The Balaban J connectivity index is 2.88. The highest BCUT2D eigenvalue weighted by molar-refractivity contribution is 7.98. The quantitative estimate of drug-likeness (QED) is 0.654. The Morgan fingerprint density at radius 1 is 1.90 bits per heavy atom. The molecule has 1 rings (SSSR count). The Bertz CT molecular complexity index is 245. The number of hydrogen-bond acceptors (Lipinski definition) is 4. The predicted molar refractivity (Wildman–Crippen MR) is 35.2 cm³/mol. The number of aromatic nitrogens is 1. The first-order chi connectivity index (χ1) is 4.74. The van der Waals surface area contributed by atoms with E-state index in [1.54, 1.807) is 6.26 Å². The lowest BCUT2D eigenvalue weighted by molar-refractivity contribution is 0.0685. The maximum Gasteiger partial charge on any atom is 0.358 e. The zero-order valence-electron chi connectivity index (χ0n) is 5.20. The van der Waals surface area contributed by atoms with Crippen molar-refractivity contribution in [3.63, 3.8) is 0 Å². The minimum absolute atomic E-state index is 0.0515. The number of carboxylic acid groups (broad SMARTS) is 1. The Kier molecular flexibility index (Phi) is 1.96. The lowest BCUT2D eigenvalue weighted by Crippen LogP contribution is -1.94. The van der Waals surface area contributed by atoms with Crippen LogP contribution in [0.2, 0.25) is 0 Å². The van der Waals surface area contributed by atoms with Crippen LogP contribution in [0, 0.1) is 0 Å². The molecule has 1 aromatic heterocycles. The minimum atomic E-state index is -1.07. The zero-order chi connectivity index (χ0) is 7.56. The van der Waals surface area contributed by atoms with Gasteiger partial charge in [0.05, 0.1) is 0 Å². The molecule has 1 heterocycles. The van der Waals surface area contributed by atoms with Crippen molar-refractivity contribution in [3.8, 4) is 0 Å². The summed E-state index contributed by atoms with van der Waals surface area (Å²) in [6.07, 6.45) is 1.78. The van der Waals surface area contributed by atoms with E-state index in [-0.39, 0.29) is 5.69 Å². The molecule has 0 aliphatic carbocycles. The van der Waals surface area contributed by atoms with Crippen molar-refractivity contribution in [2.45, 2.75) is 5.09 Å². The highest BCUT2D eigenvalue weighted by Crippen LogP contribution is 2.14. The third-order valence-electron chi connectivity index (χ3n) is 0.909. The van der Waals surface area contributed by atoms with E-state index in [1.165, 1.54) is 17.8 Å². The van der Waals surface area contributed by atoms with Crippen molar-refractivity contribution in [2.24, 2.45) is 0 Å². The molecule has 0 amide bonds. The third kappa shape index (κ3) is 1.30. The largest absolute Gasteiger partial charge is 0.476 e. The lowest BCUT2D eigenvalue weighted by atomic mass is 10.5. The van der Waals surface area contributed by atoms with Crippen LogP contribution in [0.5, 0.6) is 0 Å². The maximum absolute atomic E-state index is 10.2. The molecule has 0 saturated carbocycles. The Labute approximate surface area is 61.2 Å². The molecule has 0 aromatic carbocycles. The van der Waals surface area contributed by atoms with Crippen LogP contribution >= 0.6 is 11.8 Å². The average Bonchev–Trinajstić information content (AvgIpc) is 2.34. The van der Waals surface area contributed by atoms with E-state index in [0.717, 1.165) is 0 Å². The van der Waals surface area contributed by atoms with Gasteiger partial charge in [0.15, 0.2) is 10.8 Å². The van der Waals surface area contributed by atoms with Crippen LogP contribution in [0.15, 0.2) is 15.7 Å². The first-order valence-corrected chi connectivity index (χ1v) is 3.70. The Morgan fingerprint density at radius 2 is 2.60 bits per heavy atom. The van der Waals surface area contributed by atoms with Crippen molar-refractivity contribution in [2.75, 3.05) is 6.26 Å². The molecule has 0 bridgehead atoms. The summed E-state index contributed by atoms with van der Waals surface area (Å²) in [4.78, 5) is 10.2. The third-order valence-corrected chi connectivity index (χ3v) is 1.50. The molecule has 10 heavy (non-hydrogen) atoms. The fraction of sp³-hybridized carbons (Fsp3) is 0.200. The van der Waals surface area contributed by atoms with Gasteiger partial charge in [0, 0.05) is 6.07 Å². The van der Waals surface area contributed by atoms with Gasteiger partial charge in [0.25, 0.3) is 0 Å². The number of nitrogens with zero attached hydrogens (tertiary/aromatic N) is 1. The number of carbonyl (C=O) groups is 1. The number of rotatable bonds is 2. The number of aromatic carboxylic acids is 1. The SMILES string of the molecule is CSc1cc(C(=O)O)no1. The normalized spacial score (nSPS) is 9.70. The molecule has 1 aromatic rings. The fourth-order valence-electron chi connectivity index (χ4n) is 0.455. The maximum atomic E-state index is 10.2. The second kappa shape index (κ2) is 2.74. The molecular weight excluding hydrogens is 154 g/mol. The van der Waals surface area contributed by atoms with Crippen LogP contribution in [-0.4, -0.2) is 22.5 Å². The van der Waals surface area contributed by atoms with Crippen molar-refractivity contribution in [1.82, 2.24) is 5.16 Å². The molecule has 4 nitrogen and oxygen atoms in total. The van der Waals surface area contributed by atoms with E-state index in [2.05, 4.69) is 9.68 Å². The summed E-state index contributed by atoms with van der Waals surface area (Å²) in [5.74, 6) is -1.07. The summed E-state index contributed by atoms with van der Waals surface area (Å²) in [7, 11) is 0. The van der Waals surface area contributed by atoms with E-state index >= 15 is 0 Å². The van der Waals surface area contributed by atoms with Gasteiger partial charge in [-0.2, -0.15) is 0 Å². The van der Waals surface area contributed by atoms with E-state index in [4.69, 9.17) is 5.11 Å². The number of thioether (sulfide) groups is 1. The highest BCUT2D eigenvalue weighted by Gasteiger charge is 2.08. The van der Waals surface area contributed by atoms with Crippen molar-refractivity contribution in [1.29, 1.82) is 0 Å². The average molecular weight is 159 g/mol. The monoisotopic (exact) mass is 159 g/mol. The molecule has 0 saturated heterocycles. The topological polar surface area (TPSA) is 63.3 Å². The second-order valence-electron chi connectivity index (χ2n) is 1.54. The van der Waals surface area contributed by atoms with Gasteiger partial charge in [0.1, 0.15) is 0 Å². The van der Waals surface area contributed by atoms with Crippen LogP contribution in [-0.2, 0) is 0 Å². The predicted octanol–water partition coefficient (Wildman–Crippen LogP) is 1.09. The van der Waals surface area contributed by atoms with Gasteiger partial charge in [-0.1, -0.05) is 16.9 Å². The van der Waals surface area contributed by atoms with Crippen molar-refractivity contribution < 1.29 is 14.4 Å². The molecule has 0 aliphatic rings. The zero-order valence-corrected chi connectivity index (χ0v) is 6.01.